The van der Waals surface area contributed by atoms with E-state index in [1.165, 1.54) is 15.6 Å². The normalized spacial score (nSPS) is 13.8. The highest BCUT2D eigenvalue weighted by molar-refractivity contribution is 7.99. The van der Waals surface area contributed by atoms with E-state index >= 15 is 0 Å². The van der Waals surface area contributed by atoms with E-state index in [1.54, 1.807) is 11.3 Å². The molecule has 16 heavy (non-hydrogen) atoms. The predicted molar refractivity (Wildman–Crippen MR) is 75.2 cm³/mol. The maximum absolute atomic E-state index is 5.99. The zero-order valence-electron chi connectivity index (χ0n) is 10.8. The number of rotatable bonds is 5. The fraction of sp³-hybridized carbons (Fsp3) is 0.750. The van der Waals surface area contributed by atoms with Crippen molar-refractivity contribution in [3.8, 4) is 0 Å². The molecule has 1 aromatic heterocycles. The van der Waals surface area contributed by atoms with Gasteiger partial charge in [0.1, 0.15) is 5.01 Å². The van der Waals surface area contributed by atoms with Gasteiger partial charge >= 0.3 is 0 Å². The number of nitrogens with two attached hydrogens (primary N) is 1. The van der Waals surface area contributed by atoms with Gasteiger partial charge in [0.05, 0.1) is 5.69 Å². The summed E-state index contributed by atoms with van der Waals surface area (Å²) in [6, 6.07) is 0.104. The number of thioether (sulfide) groups is 1. The van der Waals surface area contributed by atoms with E-state index in [9.17, 15) is 0 Å². The fourth-order valence-electron chi connectivity index (χ4n) is 1.43. The van der Waals surface area contributed by atoms with Gasteiger partial charge in [0.15, 0.2) is 0 Å². The molecule has 1 atom stereocenters. The van der Waals surface area contributed by atoms with Crippen LogP contribution in [0.1, 0.15) is 62.2 Å². The van der Waals surface area contributed by atoms with Crippen molar-refractivity contribution in [3.63, 3.8) is 0 Å². The molecule has 0 spiro atoms. The first-order valence-electron chi connectivity index (χ1n) is 5.78. The molecule has 0 bridgehead atoms. The van der Waals surface area contributed by atoms with Crippen LogP contribution in [0.25, 0.3) is 0 Å². The van der Waals surface area contributed by atoms with Crippen molar-refractivity contribution in [2.75, 3.05) is 0 Å². The first kappa shape index (κ1) is 14.0. The van der Waals surface area contributed by atoms with Crippen molar-refractivity contribution in [3.05, 3.63) is 15.6 Å². The van der Waals surface area contributed by atoms with Gasteiger partial charge in [0.25, 0.3) is 0 Å². The number of aromatic nitrogens is 1. The minimum Gasteiger partial charge on any atom is -0.323 e. The number of hydrogen-bond donors (Lipinski definition) is 1. The molecule has 1 heterocycles. The van der Waals surface area contributed by atoms with E-state index < -0.39 is 0 Å². The molecule has 1 aromatic rings. The van der Waals surface area contributed by atoms with E-state index in [-0.39, 0.29) is 6.04 Å². The van der Waals surface area contributed by atoms with E-state index in [0.29, 0.717) is 11.2 Å². The molecule has 92 valence electrons. The van der Waals surface area contributed by atoms with Gasteiger partial charge in [-0.1, -0.05) is 27.7 Å². The summed E-state index contributed by atoms with van der Waals surface area (Å²) < 4.78 is 0. The van der Waals surface area contributed by atoms with Crippen molar-refractivity contribution >= 4 is 23.1 Å². The molecule has 0 aliphatic rings. The standard InChI is InChI=1S/C12H22N2S2/c1-7(2)11-12(9(5)13)16-10(14-11)6-15-8(3)4/h7-9H,6,13H2,1-5H3. The first-order valence-corrected chi connectivity index (χ1v) is 7.65. The van der Waals surface area contributed by atoms with Crippen LogP contribution in [0.5, 0.6) is 0 Å². The molecular formula is C12H22N2S2. The average molecular weight is 258 g/mol. The van der Waals surface area contributed by atoms with Crippen molar-refractivity contribution < 1.29 is 0 Å². The lowest BCUT2D eigenvalue weighted by atomic mass is 10.1. The predicted octanol–water partition coefficient (Wildman–Crippen LogP) is 3.93. The quantitative estimate of drug-likeness (QED) is 0.870. The fourth-order valence-corrected chi connectivity index (χ4v) is 3.38. The third kappa shape index (κ3) is 3.75. The molecule has 0 aromatic carbocycles. The van der Waals surface area contributed by atoms with E-state index in [1.807, 2.05) is 18.7 Å². The lowest BCUT2D eigenvalue weighted by Gasteiger charge is -2.07. The Morgan fingerprint density at radius 2 is 1.88 bits per heavy atom. The second kappa shape index (κ2) is 6.03. The second-order valence-corrected chi connectivity index (χ2v) is 7.34. The summed E-state index contributed by atoms with van der Waals surface area (Å²) in [5, 5.41) is 1.87. The van der Waals surface area contributed by atoms with Gasteiger partial charge in [-0.05, 0) is 18.1 Å². The van der Waals surface area contributed by atoms with Crippen LogP contribution in [-0.4, -0.2) is 10.2 Å². The Balaban J connectivity index is 2.84. The molecule has 0 fully saturated rings. The van der Waals surface area contributed by atoms with Crippen LogP contribution in [0.3, 0.4) is 0 Å². The zero-order valence-corrected chi connectivity index (χ0v) is 12.4. The molecule has 2 N–H and O–H groups in total. The smallest absolute Gasteiger partial charge is 0.103 e. The van der Waals surface area contributed by atoms with E-state index in [4.69, 9.17) is 10.7 Å². The summed E-state index contributed by atoms with van der Waals surface area (Å²) >= 11 is 3.72. The Morgan fingerprint density at radius 3 is 2.25 bits per heavy atom. The number of nitrogens with zero attached hydrogens (tertiary/aromatic N) is 1. The van der Waals surface area contributed by atoms with Gasteiger partial charge in [0.2, 0.25) is 0 Å². The summed E-state index contributed by atoms with van der Waals surface area (Å²) in [6.07, 6.45) is 0. The Hall–Kier alpha value is -0.0600. The highest BCUT2D eigenvalue weighted by atomic mass is 32.2. The van der Waals surface area contributed by atoms with Gasteiger partial charge in [-0.15, -0.1) is 11.3 Å². The third-order valence-electron chi connectivity index (χ3n) is 2.23. The number of thiazole rings is 1. The molecule has 0 saturated carbocycles. The lowest BCUT2D eigenvalue weighted by molar-refractivity contribution is 0.760. The zero-order chi connectivity index (χ0) is 12.3. The molecule has 1 unspecified atom stereocenters. The van der Waals surface area contributed by atoms with Crippen LogP contribution in [0.15, 0.2) is 0 Å². The summed E-state index contributed by atoms with van der Waals surface area (Å²) in [6.45, 7) is 10.8. The lowest BCUT2D eigenvalue weighted by Crippen LogP contribution is -2.06. The molecule has 0 radical (unpaired) electrons. The molecule has 0 amide bonds. The van der Waals surface area contributed by atoms with Crippen molar-refractivity contribution in [1.29, 1.82) is 0 Å². The van der Waals surface area contributed by atoms with E-state index in [2.05, 4.69) is 27.7 Å². The van der Waals surface area contributed by atoms with Crippen LogP contribution in [0, 0.1) is 0 Å². The van der Waals surface area contributed by atoms with E-state index in [0.717, 1.165) is 5.75 Å². The molecule has 0 saturated heterocycles. The molecule has 0 aliphatic heterocycles. The highest BCUT2D eigenvalue weighted by Gasteiger charge is 2.16. The largest absolute Gasteiger partial charge is 0.323 e. The van der Waals surface area contributed by atoms with Crippen LogP contribution < -0.4 is 5.73 Å². The second-order valence-electron chi connectivity index (χ2n) is 4.66. The maximum Gasteiger partial charge on any atom is 0.103 e. The Bertz CT molecular complexity index is 304. The summed E-state index contributed by atoms with van der Waals surface area (Å²) in [7, 11) is 0. The van der Waals surface area contributed by atoms with Crippen LogP contribution >= 0.6 is 23.1 Å². The van der Waals surface area contributed by atoms with Crippen LogP contribution in [0.4, 0.5) is 0 Å². The van der Waals surface area contributed by atoms with Crippen molar-refractivity contribution in [2.45, 2.75) is 57.6 Å². The molecule has 1 rings (SSSR count). The Kier molecular flexibility index (Phi) is 5.28. The molecule has 4 heteroatoms. The van der Waals surface area contributed by atoms with Gasteiger partial charge in [0, 0.05) is 16.7 Å². The SMILES string of the molecule is CC(C)SCc1nc(C(C)C)c(C(C)N)s1. The monoisotopic (exact) mass is 258 g/mol. The summed E-state index contributed by atoms with van der Waals surface area (Å²) in [5.41, 5.74) is 7.18. The van der Waals surface area contributed by atoms with Gasteiger partial charge in [-0.2, -0.15) is 11.8 Å². The highest BCUT2D eigenvalue weighted by Crippen LogP contribution is 2.31. The molecule has 2 nitrogen and oxygen atoms in total. The Labute approximate surface area is 107 Å². The van der Waals surface area contributed by atoms with Crippen LogP contribution in [0.2, 0.25) is 0 Å². The summed E-state index contributed by atoms with van der Waals surface area (Å²) in [5.74, 6) is 1.48. The van der Waals surface area contributed by atoms with Crippen molar-refractivity contribution in [2.24, 2.45) is 5.73 Å². The Morgan fingerprint density at radius 1 is 1.25 bits per heavy atom. The first-order chi connectivity index (χ1) is 7.41. The topological polar surface area (TPSA) is 38.9 Å². The van der Waals surface area contributed by atoms with Crippen molar-refractivity contribution in [1.82, 2.24) is 4.98 Å². The van der Waals surface area contributed by atoms with Gasteiger partial charge in [-0.3, -0.25) is 0 Å². The van der Waals surface area contributed by atoms with Gasteiger partial charge < -0.3 is 5.73 Å². The third-order valence-corrected chi connectivity index (χ3v) is 4.79. The minimum atomic E-state index is 0.104. The minimum absolute atomic E-state index is 0.104. The molecule has 0 aliphatic carbocycles. The molecular weight excluding hydrogens is 236 g/mol. The number of hydrogen-bond acceptors (Lipinski definition) is 4. The average Bonchev–Trinajstić information content (AvgIpc) is 2.58. The maximum atomic E-state index is 5.99. The van der Waals surface area contributed by atoms with Gasteiger partial charge in [-0.25, -0.2) is 4.98 Å². The van der Waals surface area contributed by atoms with Crippen LogP contribution in [-0.2, 0) is 5.75 Å². The summed E-state index contributed by atoms with van der Waals surface area (Å²) in [4.78, 5) is 5.98.